The van der Waals surface area contributed by atoms with Gasteiger partial charge >= 0.3 is 0 Å². The van der Waals surface area contributed by atoms with Crippen LogP contribution in [0.2, 0.25) is 0 Å². The molecular weight excluding hydrogens is 200 g/mol. The van der Waals surface area contributed by atoms with Crippen molar-refractivity contribution >= 4 is 0 Å². The van der Waals surface area contributed by atoms with Crippen LogP contribution in [0.15, 0.2) is 12.1 Å². The van der Waals surface area contributed by atoms with Gasteiger partial charge in [0.1, 0.15) is 5.75 Å². The highest BCUT2D eigenvalue weighted by atomic mass is 19.2. The number of benzene rings is 1. The lowest BCUT2D eigenvalue weighted by atomic mass is 10.1. The molecule has 0 amide bonds. The molecule has 0 radical (unpaired) electrons. The van der Waals surface area contributed by atoms with Gasteiger partial charge in [-0.15, -0.1) is 0 Å². The van der Waals surface area contributed by atoms with E-state index in [1.807, 2.05) is 0 Å². The smallest absolute Gasteiger partial charge is 0.167 e. The van der Waals surface area contributed by atoms with E-state index in [0.29, 0.717) is 17.9 Å². The summed E-state index contributed by atoms with van der Waals surface area (Å²) in [5.74, 6) is -1.19. The molecule has 0 aliphatic carbocycles. The van der Waals surface area contributed by atoms with Gasteiger partial charge < -0.3 is 4.74 Å². The van der Waals surface area contributed by atoms with Crippen molar-refractivity contribution in [3.8, 4) is 5.75 Å². The second-order valence-corrected chi connectivity index (χ2v) is 3.67. The molecule has 1 aromatic rings. The topological polar surface area (TPSA) is 12.5 Å². The van der Waals surface area contributed by atoms with Crippen molar-refractivity contribution in [3.05, 3.63) is 29.3 Å². The average Bonchev–Trinajstić information content (AvgIpc) is 2.17. The third kappa shape index (κ3) is 1.95. The Bertz CT molecular complexity index is 364. The van der Waals surface area contributed by atoms with Gasteiger partial charge in [-0.3, -0.25) is 4.90 Å². The summed E-state index contributed by atoms with van der Waals surface area (Å²) < 4.78 is 31.5. The average molecular weight is 213 g/mol. The van der Waals surface area contributed by atoms with Gasteiger partial charge in [0.15, 0.2) is 11.6 Å². The van der Waals surface area contributed by atoms with Crippen molar-refractivity contribution < 1.29 is 13.5 Å². The lowest BCUT2D eigenvalue weighted by Gasteiger charge is -2.31. The maximum atomic E-state index is 13.5. The van der Waals surface area contributed by atoms with Crippen LogP contribution in [-0.2, 0) is 6.54 Å². The Balaban J connectivity index is 2.28. The van der Waals surface area contributed by atoms with E-state index in [1.165, 1.54) is 13.2 Å². The highest BCUT2D eigenvalue weighted by molar-refractivity contribution is 5.35. The third-order valence-corrected chi connectivity index (χ3v) is 2.70. The Hall–Kier alpha value is -1.16. The molecule has 1 saturated heterocycles. The molecule has 1 heterocycles. The molecule has 0 bridgehead atoms. The van der Waals surface area contributed by atoms with Gasteiger partial charge in [0.25, 0.3) is 0 Å². The fraction of sp³-hybridized carbons (Fsp3) is 0.455. The first-order valence-corrected chi connectivity index (χ1v) is 4.95. The van der Waals surface area contributed by atoms with Crippen LogP contribution in [0.1, 0.15) is 12.0 Å². The molecule has 15 heavy (non-hydrogen) atoms. The summed E-state index contributed by atoms with van der Waals surface area (Å²) in [6.07, 6.45) is 1.12. The molecule has 4 heteroatoms. The van der Waals surface area contributed by atoms with Crippen molar-refractivity contribution in [1.29, 1.82) is 0 Å². The minimum atomic E-state index is -0.814. The van der Waals surface area contributed by atoms with Crippen LogP contribution < -0.4 is 4.74 Å². The molecule has 2 rings (SSSR count). The lowest BCUT2D eigenvalue weighted by molar-refractivity contribution is 0.167. The summed E-state index contributed by atoms with van der Waals surface area (Å²) in [5.41, 5.74) is 0.317. The zero-order chi connectivity index (χ0) is 10.8. The van der Waals surface area contributed by atoms with Gasteiger partial charge in [-0.05, 0) is 31.6 Å². The second-order valence-electron chi connectivity index (χ2n) is 3.67. The highest BCUT2D eigenvalue weighted by Gasteiger charge is 2.20. The highest BCUT2D eigenvalue weighted by Crippen LogP contribution is 2.26. The van der Waals surface area contributed by atoms with E-state index in [-0.39, 0.29) is 0 Å². The van der Waals surface area contributed by atoms with Crippen LogP contribution in [0.3, 0.4) is 0 Å². The molecule has 1 fully saturated rings. The summed E-state index contributed by atoms with van der Waals surface area (Å²) in [7, 11) is 1.46. The van der Waals surface area contributed by atoms with Crippen LogP contribution in [0.25, 0.3) is 0 Å². The minimum Gasteiger partial charge on any atom is -0.496 e. The zero-order valence-corrected chi connectivity index (χ0v) is 8.59. The number of halogens is 2. The van der Waals surface area contributed by atoms with Gasteiger partial charge in [-0.25, -0.2) is 8.78 Å². The third-order valence-electron chi connectivity index (χ3n) is 2.70. The first-order chi connectivity index (χ1) is 7.22. The van der Waals surface area contributed by atoms with E-state index in [2.05, 4.69) is 4.90 Å². The molecule has 0 aromatic heterocycles. The van der Waals surface area contributed by atoms with Gasteiger partial charge in [0, 0.05) is 12.1 Å². The summed E-state index contributed by atoms with van der Waals surface area (Å²) >= 11 is 0. The molecule has 0 atom stereocenters. The maximum Gasteiger partial charge on any atom is 0.167 e. The number of rotatable bonds is 3. The van der Waals surface area contributed by atoms with Gasteiger partial charge in [0.05, 0.1) is 7.11 Å². The van der Waals surface area contributed by atoms with Gasteiger partial charge in [-0.1, -0.05) is 0 Å². The van der Waals surface area contributed by atoms with E-state index in [9.17, 15) is 8.78 Å². The molecule has 2 nitrogen and oxygen atoms in total. The van der Waals surface area contributed by atoms with Crippen molar-refractivity contribution in [2.24, 2.45) is 0 Å². The Morgan fingerprint density at radius 1 is 1.33 bits per heavy atom. The second kappa shape index (κ2) is 4.14. The number of methoxy groups -OCH3 is 1. The first kappa shape index (κ1) is 10.4. The van der Waals surface area contributed by atoms with Crippen molar-refractivity contribution in [2.45, 2.75) is 13.0 Å². The molecule has 1 aliphatic rings. The van der Waals surface area contributed by atoms with E-state index in [1.54, 1.807) is 0 Å². The Morgan fingerprint density at radius 2 is 2.07 bits per heavy atom. The number of likely N-dealkylation sites (tertiary alicyclic amines) is 1. The van der Waals surface area contributed by atoms with Crippen LogP contribution in [0.4, 0.5) is 8.78 Å². The molecule has 0 unspecified atom stereocenters. The fourth-order valence-corrected chi connectivity index (χ4v) is 1.68. The molecule has 0 saturated carbocycles. The molecule has 0 N–H and O–H groups in total. The SMILES string of the molecule is COc1ccc(F)c(F)c1CN1CCC1. The van der Waals surface area contributed by atoms with E-state index >= 15 is 0 Å². The fourth-order valence-electron chi connectivity index (χ4n) is 1.68. The Kier molecular flexibility index (Phi) is 2.86. The van der Waals surface area contributed by atoms with Crippen LogP contribution in [-0.4, -0.2) is 25.1 Å². The minimum absolute atomic E-state index is 0.317. The number of hydrogen-bond acceptors (Lipinski definition) is 2. The normalized spacial score (nSPS) is 16.2. The lowest BCUT2D eigenvalue weighted by Crippen LogP contribution is -2.36. The van der Waals surface area contributed by atoms with Gasteiger partial charge in [-0.2, -0.15) is 0 Å². The zero-order valence-electron chi connectivity index (χ0n) is 8.59. The summed E-state index contributed by atoms with van der Waals surface area (Å²) in [6, 6.07) is 2.56. The molecule has 1 aliphatic heterocycles. The van der Waals surface area contributed by atoms with Crippen LogP contribution in [0.5, 0.6) is 5.75 Å². The van der Waals surface area contributed by atoms with E-state index in [0.717, 1.165) is 25.6 Å². The van der Waals surface area contributed by atoms with E-state index < -0.39 is 11.6 Å². The Morgan fingerprint density at radius 3 is 2.60 bits per heavy atom. The van der Waals surface area contributed by atoms with Crippen molar-refractivity contribution in [1.82, 2.24) is 4.90 Å². The molecule has 1 aromatic carbocycles. The molecular formula is C11H13F2NO. The standard InChI is InChI=1S/C11H13F2NO/c1-15-10-4-3-9(12)11(13)8(10)7-14-5-2-6-14/h3-4H,2,5-7H2,1H3. The number of ether oxygens (including phenoxy) is 1. The summed E-state index contributed by atoms with van der Waals surface area (Å²) in [5, 5.41) is 0. The van der Waals surface area contributed by atoms with Gasteiger partial charge in [0.2, 0.25) is 0 Å². The molecule has 0 spiro atoms. The Labute approximate surface area is 87.5 Å². The summed E-state index contributed by atoms with van der Waals surface area (Å²) in [4.78, 5) is 2.06. The largest absolute Gasteiger partial charge is 0.496 e. The van der Waals surface area contributed by atoms with E-state index in [4.69, 9.17) is 4.74 Å². The van der Waals surface area contributed by atoms with Crippen LogP contribution in [0, 0.1) is 11.6 Å². The molecule has 82 valence electrons. The maximum absolute atomic E-state index is 13.5. The summed E-state index contributed by atoms with van der Waals surface area (Å²) in [6.45, 7) is 2.31. The first-order valence-electron chi connectivity index (χ1n) is 4.95. The number of hydrogen-bond donors (Lipinski definition) is 0. The van der Waals surface area contributed by atoms with Crippen molar-refractivity contribution in [2.75, 3.05) is 20.2 Å². The predicted octanol–water partition coefficient (Wildman–Crippen LogP) is 2.18. The quantitative estimate of drug-likeness (QED) is 0.763. The van der Waals surface area contributed by atoms with Crippen LogP contribution >= 0.6 is 0 Å². The van der Waals surface area contributed by atoms with Crippen molar-refractivity contribution in [3.63, 3.8) is 0 Å². The predicted molar refractivity (Wildman–Crippen MR) is 52.8 cm³/mol. The monoisotopic (exact) mass is 213 g/mol. The number of nitrogens with zero attached hydrogens (tertiary/aromatic N) is 1.